The van der Waals surface area contributed by atoms with E-state index in [0.717, 1.165) is 22.9 Å². The van der Waals surface area contributed by atoms with Gasteiger partial charge in [0.05, 0.1) is 17.9 Å². The monoisotopic (exact) mass is 662 g/mol. The van der Waals surface area contributed by atoms with Crippen LogP contribution in [0.1, 0.15) is 33.5 Å². The number of rotatable bonds is 6. The van der Waals surface area contributed by atoms with Crippen molar-refractivity contribution >= 4 is 22.4 Å². The van der Waals surface area contributed by atoms with Gasteiger partial charge in [-0.2, -0.15) is 6.67 Å². The van der Waals surface area contributed by atoms with Gasteiger partial charge >= 0.3 is 0 Å². The van der Waals surface area contributed by atoms with Gasteiger partial charge in [0.1, 0.15) is 10.7 Å². The maximum atomic E-state index is 13.1. The third-order valence-corrected chi connectivity index (χ3v) is 6.18. The minimum atomic E-state index is -0.231. The van der Waals surface area contributed by atoms with Crippen molar-refractivity contribution in [1.29, 1.82) is 0 Å². The molecule has 1 amide bonds. The minimum absolute atomic E-state index is 0. The quantitative estimate of drug-likeness (QED) is 0.408. The molecule has 0 bridgehead atoms. The van der Waals surface area contributed by atoms with Gasteiger partial charge in [-0.15, -0.1) is 0 Å². The summed E-state index contributed by atoms with van der Waals surface area (Å²) in [7, 11) is 0. The molecule has 1 fully saturated rings. The molecule has 4 rings (SSSR count). The zero-order valence-electron chi connectivity index (χ0n) is 17.4. The first kappa shape index (κ1) is 23.9. The van der Waals surface area contributed by atoms with Crippen molar-refractivity contribution in [2.24, 2.45) is 0 Å². The van der Waals surface area contributed by atoms with E-state index in [1.165, 1.54) is 23.5 Å². The van der Waals surface area contributed by atoms with Crippen molar-refractivity contribution in [2.45, 2.75) is 33.0 Å². The number of thiazole rings is 1. The van der Waals surface area contributed by atoms with Crippen molar-refractivity contribution in [3.8, 4) is 0 Å². The maximum absolute atomic E-state index is 13.1. The number of nitrogens with zero attached hydrogens (tertiary/aromatic N) is 4. The summed E-state index contributed by atoms with van der Waals surface area (Å²) in [5.74, 6) is -0.372. The Morgan fingerprint density at radius 3 is 2.77 bits per heavy atom. The Labute approximate surface area is 209 Å². The molecular weight excluding hydrogens is 639 g/mol. The molecule has 6 nitrogen and oxygen atoms in total. The summed E-state index contributed by atoms with van der Waals surface area (Å²) in [6.45, 7) is 7.88. The fraction of sp³-hybridized carbons (Fsp3) is 0.273. The number of amides is 1. The molecule has 1 aromatic carbocycles. The molecule has 0 aliphatic carbocycles. The zero-order valence-corrected chi connectivity index (χ0v) is 22.4. The molecule has 160 valence electrons. The van der Waals surface area contributed by atoms with Crippen LogP contribution in [-0.2, 0) is 13.1 Å². The first-order chi connectivity index (χ1) is 14.5. The van der Waals surface area contributed by atoms with Crippen LogP contribution >= 0.6 is 11.3 Å². The number of hydrogen-bond acceptors (Lipinski definition) is 6. The smallest absolute Gasteiger partial charge is 0.263 e. The number of aromatic nitrogens is 2. The number of hydrogen-bond donors (Lipinski definition) is 1. The van der Waals surface area contributed by atoms with Gasteiger partial charge in [0.15, 0.2) is 5.13 Å². The summed E-state index contributed by atoms with van der Waals surface area (Å²) in [5.41, 5.74) is 2.57. The van der Waals surface area contributed by atoms with E-state index in [1.54, 1.807) is 18.3 Å². The Kier molecular flexibility index (Phi) is 8.23. The molecule has 9 heteroatoms. The number of halogens is 1. The van der Waals surface area contributed by atoms with Crippen LogP contribution in [0, 0.1) is 50.5 Å². The number of carbonyl (C=O) groups is 1. The van der Waals surface area contributed by atoms with Crippen LogP contribution in [-0.4, -0.2) is 33.4 Å². The minimum Gasteiger partial charge on any atom is -0.483 e. The van der Waals surface area contributed by atoms with Crippen molar-refractivity contribution in [3.63, 3.8) is 0 Å². The predicted octanol–water partition coefficient (Wildman–Crippen LogP) is 3.75. The summed E-state index contributed by atoms with van der Waals surface area (Å²) < 4.78 is 13.1. The van der Waals surface area contributed by atoms with Crippen LogP contribution in [0.2, 0.25) is 0 Å². The van der Waals surface area contributed by atoms with Crippen LogP contribution in [0.3, 0.4) is 0 Å². The van der Waals surface area contributed by atoms with E-state index in [-0.39, 0.29) is 48.9 Å². The molecule has 3 aromatic rings. The molecule has 1 atom stereocenters. The summed E-state index contributed by atoms with van der Waals surface area (Å²) in [5, 5.41) is 3.71. The Morgan fingerprint density at radius 1 is 1.29 bits per heavy atom. The molecular formula is C22H23FN5OSU-. The van der Waals surface area contributed by atoms with Gasteiger partial charge in [0, 0.05) is 43.9 Å². The van der Waals surface area contributed by atoms with Gasteiger partial charge in [0.2, 0.25) is 0 Å². The first-order valence-corrected chi connectivity index (χ1v) is 10.6. The average molecular weight is 663 g/mol. The number of anilines is 1. The number of pyridine rings is 1. The Balaban J connectivity index is 0.00000272. The van der Waals surface area contributed by atoms with Crippen LogP contribution in [0.5, 0.6) is 0 Å². The number of nitrogens with one attached hydrogen (secondary N) is 1. The van der Waals surface area contributed by atoms with Crippen molar-refractivity contribution in [3.05, 3.63) is 83.0 Å². The van der Waals surface area contributed by atoms with Gasteiger partial charge in [0.25, 0.3) is 5.91 Å². The maximum Gasteiger partial charge on any atom is 0.263 e. The molecule has 0 spiro atoms. The Bertz CT molecular complexity index is 1010. The average Bonchev–Trinajstić information content (AvgIpc) is 3.31. The molecule has 1 aliphatic heterocycles. The predicted molar refractivity (Wildman–Crippen MR) is 115 cm³/mol. The van der Waals surface area contributed by atoms with E-state index in [4.69, 9.17) is 0 Å². The SMILES string of the molecule is Cc1nc(N2[CH-]N(Cc3ccc(F)cc3)[C@H](C)C2)sc1C(=O)NCc1ccccn1.[U]. The number of carbonyl (C=O) groups excluding carboxylic acids is 1. The van der Waals surface area contributed by atoms with E-state index in [0.29, 0.717) is 23.7 Å². The van der Waals surface area contributed by atoms with E-state index < -0.39 is 0 Å². The third kappa shape index (κ3) is 5.92. The molecule has 3 heterocycles. The molecule has 0 saturated carbocycles. The van der Waals surface area contributed by atoms with E-state index in [9.17, 15) is 9.18 Å². The molecule has 1 aliphatic rings. The zero-order chi connectivity index (χ0) is 21.1. The van der Waals surface area contributed by atoms with Crippen LogP contribution < -0.4 is 10.2 Å². The summed E-state index contributed by atoms with van der Waals surface area (Å²) in [6, 6.07) is 12.5. The Hall–Kier alpha value is -1.79. The van der Waals surface area contributed by atoms with Gasteiger partial charge in [-0.05, 0) is 49.3 Å². The molecule has 31 heavy (non-hydrogen) atoms. The second-order valence-corrected chi connectivity index (χ2v) is 8.31. The van der Waals surface area contributed by atoms with E-state index in [2.05, 4.69) is 32.0 Å². The van der Waals surface area contributed by atoms with Gasteiger partial charge in [-0.3, -0.25) is 9.78 Å². The number of aryl methyl sites for hydroxylation is 1. The van der Waals surface area contributed by atoms with Crippen LogP contribution in [0.25, 0.3) is 0 Å². The number of benzene rings is 1. The van der Waals surface area contributed by atoms with Crippen LogP contribution in [0.4, 0.5) is 9.52 Å². The second-order valence-electron chi connectivity index (χ2n) is 7.33. The fourth-order valence-corrected chi connectivity index (χ4v) is 4.29. The largest absolute Gasteiger partial charge is 0.483 e. The second kappa shape index (κ2) is 10.7. The molecule has 1 saturated heterocycles. The molecule has 0 unspecified atom stereocenters. The van der Waals surface area contributed by atoms with Gasteiger partial charge in [-0.25, -0.2) is 9.37 Å². The summed E-state index contributed by atoms with van der Waals surface area (Å²) in [4.78, 5) is 26.3. The van der Waals surface area contributed by atoms with E-state index in [1.807, 2.05) is 31.8 Å². The topological polar surface area (TPSA) is 61.4 Å². The third-order valence-electron chi connectivity index (χ3n) is 4.99. The van der Waals surface area contributed by atoms with Crippen LogP contribution in [0.15, 0.2) is 48.7 Å². The normalized spacial score (nSPS) is 16.2. The van der Waals surface area contributed by atoms with Crippen molar-refractivity contribution < 1.29 is 40.3 Å². The molecule has 2 aromatic heterocycles. The molecule has 0 radical (unpaired) electrons. The summed E-state index contributed by atoms with van der Waals surface area (Å²) >= 11 is 1.39. The van der Waals surface area contributed by atoms with Gasteiger partial charge < -0.3 is 15.1 Å². The van der Waals surface area contributed by atoms with Gasteiger partial charge in [-0.1, -0.05) is 36.5 Å². The fourth-order valence-electron chi connectivity index (χ4n) is 3.32. The van der Waals surface area contributed by atoms with Crippen molar-refractivity contribution in [2.75, 3.05) is 11.4 Å². The summed E-state index contributed by atoms with van der Waals surface area (Å²) in [6.07, 6.45) is 1.71. The molecule has 1 N–H and O–H groups in total. The van der Waals surface area contributed by atoms with E-state index >= 15 is 0 Å². The standard InChI is InChI=1S/C22H23FN5OS.U/c1-15-12-28(14-27(15)13-17-6-8-18(23)9-7-17)22-26-16(2)20(30-22)21(29)25-11-19-5-3-4-10-24-19;/h3-10,14-15H,11-13H2,1-2H3,(H,25,29);/q-1;/t15-;/m1./s1. The van der Waals surface area contributed by atoms with Crippen molar-refractivity contribution in [1.82, 2.24) is 20.2 Å². The first-order valence-electron chi connectivity index (χ1n) is 9.77. The Morgan fingerprint density at radius 2 is 2.06 bits per heavy atom.